The highest BCUT2D eigenvalue weighted by molar-refractivity contribution is 5.96. The Labute approximate surface area is 125 Å². The van der Waals surface area contributed by atoms with Gasteiger partial charge >= 0.3 is 12.1 Å². The summed E-state index contributed by atoms with van der Waals surface area (Å²) in [4.78, 5) is 37.9. The maximum absolute atomic E-state index is 13.5. The minimum Gasteiger partial charge on any atom is -0.480 e. The molecule has 0 bridgehead atoms. The standard InChI is InChI=1S/C13H16FN3O5/c1-13(2,3)22-12(21)16-17(7-9(18)19)11(20)8-5-4-6-15-10(8)14/h4-6H,7H2,1-3H3,(H,16,21)(H,18,19). The second kappa shape index (κ2) is 6.83. The third-order valence-corrected chi connectivity index (χ3v) is 2.15. The quantitative estimate of drug-likeness (QED) is 0.641. The number of carboxylic acids is 1. The largest absolute Gasteiger partial charge is 0.480 e. The number of aromatic nitrogens is 1. The van der Waals surface area contributed by atoms with E-state index in [1.807, 2.05) is 5.43 Å². The number of halogens is 1. The first kappa shape index (κ1) is 17.3. The third kappa shape index (κ3) is 5.35. The van der Waals surface area contributed by atoms with E-state index in [9.17, 15) is 18.8 Å². The van der Waals surface area contributed by atoms with Gasteiger partial charge in [0.05, 0.1) is 5.56 Å². The number of nitrogens with one attached hydrogen (secondary N) is 1. The SMILES string of the molecule is CC(C)(C)OC(=O)NN(CC(=O)O)C(=O)c1cccnc1F. The fraction of sp³-hybridized carbons (Fsp3) is 0.385. The predicted octanol–water partition coefficient (Wildman–Crippen LogP) is 1.19. The summed E-state index contributed by atoms with van der Waals surface area (Å²) in [6, 6.07) is 2.43. The Kier molecular flexibility index (Phi) is 5.39. The number of aliphatic carboxylic acids is 1. The van der Waals surface area contributed by atoms with Crippen LogP contribution in [0.1, 0.15) is 31.1 Å². The van der Waals surface area contributed by atoms with E-state index < -0.39 is 41.6 Å². The van der Waals surface area contributed by atoms with E-state index in [1.54, 1.807) is 20.8 Å². The molecular weight excluding hydrogens is 297 g/mol. The lowest BCUT2D eigenvalue weighted by Crippen LogP contribution is -2.50. The van der Waals surface area contributed by atoms with Gasteiger partial charge in [0.1, 0.15) is 12.1 Å². The molecule has 1 rings (SSSR count). The summed E-state index contributed by atoms with van der Waals surface area (Å²) in [6.07, 6.45) is 0.0981. The Morgan fingerprint density at radius 1 is 1.41 bits per heavy atom. The van der Waals surface area contributed by atoms with Gasteiger partial charge < -0.3 is 9.84 Å². The van der Waals surface area contributed by atoms with E-state index in [-0.39, 0.29) is 0 Å². The van der Waals surface area contributed by atoms with Gasteiger partial charge in [0, 0.05) is 6.20 Å². The molecule has 0 radical (unpaired) electrons. The summed E-state index contributed by atoms with van der Waals surface area (Å²) in [7, 11) is 0. The van der Waals surface area contributed by atoms with Gasteiger partial charge in [0.25, 0.3) is 5.91 Å². The number of hydrogen-bond donors (Lipinski definition) is 2. The van der Waals surface area contributed by atoms with E-state index in [4.69, 9.17) is 9.84 Å². The average molecular weight is 313 g/mol. The minimum absolute atomic E-state index is 0.441. The van der Waals surface area contributed by atoms with Crippen LogP contribution in [0.5, 0.6) is 0 Å². The Morgan fingerprint density at radius 2 is 2.05 bits per heavy atom. The Hall–Kier alpha value is -2.71. The fourth-order valence-electron chi connectivity index (χ4n) is 1.40. The molecule has 0 aliphatic carbocycles. The summed E-state index contributed by atoms with van der Waals surface area (Å²) >= 11 is 0. The van der Waals surface area contributed by atoms with Crippen LogP contribution in [0.3, 0.4) is 0 Å². The molecule has 1 aromatic heterocycles. The molecule has 1 heterocycles. The second-order valence-electron chi connectivity index (χ2n) is 5.24. The van der Waals surface area contributed by atoms with Crippen LogP contribution in [-0.2, 0) is 9.53 Å². The molecular formula is C13H16FN3O5. The van der Waals surface area contributed by atoms with E-state index in [0.29, 0.717) is 5.01 Å². The van der Waals surface area contributed by atoms with Gasteiger partial charge in [-0.25, -0.2) is 20.2 Å². The van der Waals surface area contributed by atoms with Crippen molar-refractivity contribution < 1.29 is 28.6 Å². The number of rotatable bonds is 3. The van der Waals surface area contributed by atoms with E-state index in [0.717, 1.165) is 12.3 Å². The van der Waals surface area contributed by atoms with E-state index in [2.05, 4.69) is 4.98 Å². The smallest absolute Gasteiger partial charge is 0.426 e. The molecule has 2 N–H and O–H groups in total. The van der Waals surface area contributed by atoms with Crippen LogP contribution >= 0.6 is 0 Å². The summed E-state index contributed by atoms with van der Waals surface area (Å²) < 4.78 is 18.4. The number of nitrogens with zero attached hydrogens (tertiary/aromatic N) is 2. The second-order valence-corrected chi connectivity index (χ2v) is 5.24. The van der Waals surface area contributed by atoms with E-state index >= 15 is 0 Å². The highest BCUT2D eigenvalue weighted by Gasteiger charge is 2.26. The lowest BCUT2D eigenvalue weighted by atomic mass is 10.2. The maximum atomic E-state index is 13.5. The molecule has 0 aromatic carbocycles. The number of carboxylic acid groups (broad SMARTS) is 1. The van der Waals surface area contributed by atoms with Crippen LogP contribution < -0.4 is 5.43 Å². The number of carbonyl (C=O) groups is 3. The molecule has 1 aromatic rings. The molecule has 0 spiro atoms. The van der Waals surface area contributed by atoms with Crippen molar-refractivity contribution in [2.75, 3.05) is 6.54 Å². The number of amides is 2. The van der Waals surface area contributed by atoms with Crippen LogP contribution in [0.25, 0.3) is 0 Å². The molecule has 8 nitrogen and oxygen atoms in total. The Morgan fingerprint density at radius 3 is 2.55 bits per heavy atom. The monoisotopic (exact) mass is 313 g/mol. The predicted molar refractivity (Wildman–Crippen MR) is 72.2 cm³/mol. The lowest BCUT2D eigenvalue weighted by molar-refractivity contribution is -0.138. The van der Waals surface area contributed by atoms with Crippen LogP contribution in [0, 0.1) is 5.95 Å². The molecule has 120 valence electrons. The summed E-state index contributed by atoms with van der Waals surface area (Å²) in [5.41, 5.74) is 0.660. The first-order chi connectivity index (χ1) is 10.1. The zero-order valence-electron chi connectivity index (χ0n) is 12.3. The van der Waals surface area contributed by atoms with Gasteiger partial charge in [0.2, 0.25) is 5.95 Å². The van der Waals surface area contributed by atoms with Crippen LogP contribution in [-0.4, -0.2) is 45.2 Å². The summed E-state index contributed by atoms with van der Waals surface area (Å²) in [5.74, 6) is -3.53. The normalized spacial score (nSPS) is 10.7. The van der Waals surface area contributed by atoms with Crippen molar-refractivity contribution in [3.63, 3.8) is 0 Å². The van der Waals surface area contributed by atoms with E-state index in [1.165, 1.54) is 6.07 Å². The highest BCUT2D eigenvalue weighted by Crippen LogP contribution is 2.09. The Balaban J connectivity index is 2.93. The zero-order chi connectivity index (χ0) is 16.9. The van der Waals surface area contributed by atoms with Crippen molar-refractivity contribution in [1.29, 1.82) is 0 Å². The molecule has 0 aliphatic heterocycles. The first-order valence-electron chi connectivity index (χ1n) is 6.24. The molecule has 0 unspecified atom stereocenters. The number of hydrazine groups is 1. The molecule has 0 saturated carbocycles. The molecule has 0 saturated heterocycles. The van der Waals surface area contributed by atoms with Gasteiger partial charge in [0.15, 0.2) is 0 Å². The molecule has 0 aliphatic rings. The van der Waals surface area contributed by atoms with Gasteiger partial charge in [-0.1, -0.05) is 0 Å². The maximum Gasteiger partial charge on any atom is 0.426 e. The number of carbonyl (C=O) groups excluding carboxylic acids is 2. The van der Waals surface area contributed by atoms with Crippen molar-refractivity contribution in [1.82, 2.24) is 15.4 Å². The Bertz CT molecular complexity index is 585. The van der Waals surface area contributed by atoms with Gasteiger partial charge in [-0.05, 0) is 32.9 Å². The molecule has 22 heavy (non-hydrogen) atoms. The molecule has 2 amide bonds. The third-order valence-electron chi connectivity index (χ3n) is 2.15. The molecule has 0 fully saturated rings. The van der Waals surface area contributed by atoms with Crippen molar-refractivity contribution in [3.8, 4) is 0 Å². The van der Waals surface area contributed by atoms with Crippen LogP contribution in [0.4, 0.5) is 9.18 Å². The number of ether oxygens (including phenoxy) is 1. The topological polar surface area (TPSA) is 109 Å². The average Bonchev–Trinajstić information content (AvgIpc) is 2.35. The van der Waals surface area contributed by atoms with Crippen molar-refractivity contribution in [3.05, 3.63) is 29.8 Å². The fourth-order valence-corrected chi connectivity index (χ4v) is 1.40. The van der Waals surface area contributed by atoms with Gasteiger partial charge in [-0.2, -0.15) is 4.39 Å². The van der Waals surface area contributed by atoms with Crippen LogP contribution in [0.2, 0.25) is 0 Å². The number of hydrogen-bond acceptors (Lipinski definition) is 5. The van der Waals surface area contributed by atoms with Crippen molar-refractivity contribution >= 4 is 18.0 Å². The molecule has 9 heteroatoms. The molecule has 0 atom stereocenters. The van der Waals surface area contributed by atoms with Gasteiger partial charge in [-0.15, -0.1) is 0 Å². The highest BCUT2D eigenvalue weighted by atomic mass is 19.1. The van der Waals surface area contributed by atoms with Crippen LogP contribution in [0.15, 0.2) is 18.3 Å². The minimum atomic E-state index is -1.39. The van der Waals surface area contributed by atoms with Crippen molar-refractivity contribution in [2.24, 2.45) is 0 Å². The lowest BCUT2D eigenvalue weighted by Gasteiger charge is -2.25. The zero-order valence-corrected chi connectivity index (χ0v) is 12.3. The van der Waals surface area contributed by atoms with Crippen molar-refractivity contribution in [2.45, 2.75) is 26.4 Å². The summed E-state index contributed by atoms with van der Waals surface area (Å²) in [5, 5.41) is 9.24. The first-order valence-corrected chi connectivity index (χ1v) is 6.24. The summed E-state index contributed by atoms with van der Waals surface area (Å²) in [6.45, 7) is 3.91. The van der Waals surface area contributed by atoms with Gasteiger partial charge in [-0.3, -0.25) is 9.59 Å². The number of pyridine rings is 1.